The number of hydrogen-bond donors (Lipinski definition) is 0. The van der Waals surface area contributed by atoms with Crippen LogP contribution in [0.2, 0.25) is 0 Å². The van der Waals surface area contributed by atoms with Crippen LogP contribution >= 0.6 is 0 Å². The second-order valence-electron chi connectivity index (χ2n) is 7.73. The van der Waals surface area contributed by atoms with E-state index in [9.17, 15) is 0 Å². The molecular formula is C20H29N. The minimum absolute atomic E-state index is 0.756. The smallest absolute Gasteiger partial charge is 0.0436 e. The molecule has 4 rings (SSSR count). The van der Waals surface area contributed by atoms with Crippen molar-refractivity contribution in [2.45, 2.75) is 64.2 Å². The molecule has 1 saturated heterocycles. The molecule has 2 saturated carbocycles. The summed E-state index contributed by atoms with van der Waals surface area (Å²) in [7, 11) is 0. The van der Waals surface area contributed by atoms with E-state index in [2.05, 4.69) is 36.9 Å². The molecule has 0 N–H and O–H groups in total. The van der Waals surface area contributed by atoms with Gasteiger partial charge in [-0.05, 0) is 73.3 Å². The fraction of sp³-hybridized carbons (Fsp3) is 0.700. The Bertz CT molecular complexity index is 470. The van der Waals surface area contributed by atoms with Gasteiger partial charge < -0.3 is 4.90 Å². The minimum atomic E-state index is 0.756. The predicted octanol–water partition coefficient (Wildman–Crippen LogP) is 5.31. The first-order valence-corrected chi connectivity index (χ1v) is 9.13. The minimum Gasteiger partial charge on any atom is -0.371 e. The van der Waals surface area contributed by atoms with E-state index in [-0.39, 0.29) is 0 Å². The molecule has 1 aromatic rings. The molecule has 114 valence electrons. The molecule has 2 aliphatic carbocycles. The summed E-state index contributed by atoms with van der Waals surface area (Å²) in [5.41, 5.74) is 4.96. The lowest BCUT2D eigenvalue weighted by Crippen LogP contribution is -2.23. The standard InChI is InChI=1S/C20H29N/c1-14(16-8-9-16)18-6-5-7-19(15(2)17-10-11-17)20(18)21-12-3-4-13-21/h5-7,14-17H,3-4,8-13H2,1-2H3/t14-,15-/m1/s1. The van der Waals surface area contributed by atoms with E-state index >= 15 is 0 Å². The second-order valence-corrected chi connectivity index (χ2v) is 7.73. The van der Waals surface area contributed by atoms with Gasteiger partial charge in [0.1, 0.15) is 0 Å². The normalized spacial score (nSPS) is 25.1. The van der Waals surface area contributed by atoms with Gasteiger partial charge in [0.25, 0.3) is 0 Å². The molecular weight excluding hydrogens is 254 g/mol. The molecule has 0 radical (unpaired) electrons. The van der Waals surface area contributed by atoms with Crippen molar-refractivity contribution in [3.8, 4) is 0 Å². The molecule has 3 aliphatic rings. The summed E-state index contributed by atoms with van der Waals surface area (Å²) in [5.74, 6) is 3.43. The van der Waals surface area contributed by atoms with E-state index in [0.717, 1.165) is 23.7 Å². The summed E-state index contributed by atoms with van der Waals surface area (Å²) in [5, 5.41) is 0. The number of para-hydroxylation sites is 1. The SMILES string of the molecule is C[C@@H](c1cccc([C@H](C)C2CC2)c1N1CCCC1)C1CC1. The van der Waals surface area contributed by atoms with Gasteiger partial charge in [0.15, 0.2) is 0 Å². The van der Waals surface area contributed by atoms with Crippen LogP contribution in [0.15, 0.2) is 18.2 Å². The highest BCUT2D eigenvalue weighted by Crippen LogP contribution is 2.50. The third kappa shape index (κ3) is 2.60. The van der Waals surface area contributed by atoms with Crippen molar-refractivity contribution in [1.82, 2.24) is 0 Å². The monoisotopic (exact) mass is 283 g/mol. The van der Waals surface area contributed by atoms with Crippen LogP contribution in [0.25, 0.3) is 0 Å². The molecule has 1 heteroatoms. The zero-order valence-electron chi connectivity index (χ0n) is 13.6. The van der Waals surface area contributed by atoms with Crippen LogP contribution in [0.4, 0.5) is 5.69 Å². The summed E-state index contributed by atoms with van der Waals surface area (Å²) in [4.78, 5) is 2.71. The molecule has 3 fully saturated rings. The van der Waals surface area contributed by atoms with Crippen LogP contribution in [0.5, 0.6) is 0 Å². The molecule has 0 bridgehead atoms. The second kappa shape index (κ2) is 5.34. The zero-order chi connectivity index (χ0) is 14.4. The van der Waals surface area contributed by atoms with Gasteiger partial charge in [-0.3, -0.25) is 0 Å². The Morgan fingerprint density at radius 1 is 0.857 bits per heavy atom. The van der Waals surface area contributed by atoms with Crippen LogP contribution in [-0.2, 0) is 0 Å². The Hall–Kier alpha value is -0.980. The molecule has 1 aromatic carbocycles. The lowest BCUT2D eigenvalue weighted by molar-refractivity contribution is 0.641. The summed E-state index contributed by atoms with van der Waals surface area (Å²) < 4.78 is 0. The number of nitrogens with zero attached hydrogens (tertiary/aromatic N) is 1. The lowest BCUT2D eigenvalue weighted by atomic mass is 9.86. The average molecular weight is 283 g/mol. The molecule has 1 nitrogen and oxygen atoms in total. The first-order valence-electron chi connectivity index (χ1n) is 9.13. The van der Waals surface area contributed by atoms with E-state index in [0.29, 0.717) is 0 Å². The Balaban J connectivity index is 1.75. The Morgan fingerprint density at radius 3 is 1.76 bits per heavy atom. The molecule has 1 aliphatic heterocycles. The Labute approximate surface area is 129 Å². The zero-order valence-corrected chi connectivity index (χ0v) is 13.6. The summed E-state index contributed by atoms with van der Waals surface area (Å²) in [6, 6.07) is 7.20. The maximum absolute atomic E-state index is 2.71. The van der Waals surface area contributed by atoms with Gasteiger partial charge in [-0.15, -0.1) is 0 Å². The van der Waals surface area contributed by atoms with E-state index in [1.165, 1.54) is 51.6 Å². The first-order chi connectivity index (χ1) is 10.3. The first kappa shape index (κ1) is 13.7. The third-order valence-corrected chi connectivity index (χ3v) is 6.16. The maximum Gasteiger partial charge on any atom is 0.0436 e. The molecule has 0 amide bonds. The van der Waals surface area contributed by atoms with Gasteiger partial charge in [-0.25, -0.2) is 0 Å². The lowest BCUT2D eigenvalue weighted by Gasteiger charge is -2.30. The number of anilines is 1. The van der Waals surface area contributed by atoms with Gasteiger partial charge >= 0.3 is 0 Å². The van der Waals surface area contributed by atoms with Gasteiger partial charge in [-0.1, -0.05) is 32.0 Å². The maximum atomic E-state index is 2.71. The van der Waals surface area contributed by atoms with Crippen molar-refractivity contribution in [1.29, 1.82) is 0 Å². The Kier molecular flexibility index (Phi) is 3.47. The molecule has 21 heavy (non-hydrogen) atoms. The van der Waals surface area contributed by atoms with Crippen molar-refractivity contribution in [3.63, 3.8) is 0 Å². The number of benzene rings is 1. The summed E-state index contributed by atoms with van der Waals surface area (Å²) in [6.07, 6.45) is 8.55. The third-order valence-electron chi connectivity index (χ3n) is 6.16. The van der Waals surface area contributed by atoms with Crippen LogP contribution in [-0.4, -0.2) is 13.1 Å². The molecule has 2 atom stereocenters. The highest BCUT2D eigenvalue weighted by Gasteiger charge is 2.35. The van der Waals surface area contributed by atoms with Crippen molar-refractivity contribution >= 4 is 5.69 Å². The van der Waals surface area contributed by atoms with Crippen LogP contribution in [0, 0.1) is 11.8 Å². The highest BCUT2D eigenvalue weighted by atomic mass is 15.1. The predicted molar refractivity (Wildman–Crippen MR) is 90.2 cm³/mol. The molecule has 0 aromatic heterocycles. The Morgan fingerprint density at radius 2 is 1.33 bits per heavy atom. The van der Waals surface area contributed by atoms with Gasteiger partial charge in [0.05, 0.1) is 0 Å². The topological polar surface area (TPSA) is 3.24 Å². The van der Waals surface area contributed by atoms with E-state index in [1.807, 2.05) is 0 Å². The highest BCUT2D eigenvalue weighted by molar-refractivity contribution is 5.63. The van der Waals surface area contributed by atoms with Crippen molar-refractivity contribution in [2.75, 3.05) is 18.0 Å². The van der Waals surface area contributed by atoms with Crippen molar-refractivity contribution in [2.24, 2.45) is 11.8 Å². The van der Waals surface area contributed by atoms with Gasteiger partial charge in [0, 0.05) is 18.8 Å². The summed E-state index contributed by atoms with van der Waals surface area (Å²) >= 11 is 0. The molecule has 0 unspecified atom stereocenters. The quantitative estimate of drug-likeness (QED) is 0.707. The largest absolute Gasteiger partial charge is 0.371 e. The van der Waals surface area contributed by atoms with Crippen LogP contribution < -0.4 is 4.90 Å². The van der Waals surface area contributed by atoms with E-state index in [4.69, 9.17) is 0 Å². The van der Waals surface area contributed by atoms with E-state index < -0.39 is 0 Å². The van der Waals surface area contributed by atoms with Gasteiger partial charge in [-0.2, -0.15) is 0 Å². The summed E-state index contributed by atoms with van der Waals surface area (Å²) in [6.45, 7) is 7.49. The molecule has 1 heterocycles. The van der Waals surface area contributed by atoms with E-state index in [1.54, 1.807) is 16.8 Å². The molecule has 0 spiro atoms. The number of rotatable bonds is 5. The fourth-order valence-corrected chi connectivity index (χ4v) is 4.32. The van der Waals surface area contributed by atoms with Crippen molar-refractivity contribution < 1.29 is 0 Å². The van der Waals surface area contributed by atoms with Crippen LogP contribution in [0.1, 0.15) is 75.3 Å². The average Bonchev–Trinajstić information content (AvgIpc) is 3.43. The van der Waals surface area contributed by atoms with Crippen molar-refractivity contribution in [3.05, 3.63) is 29.3 Å². The van der Waals surface area contributed by atoms with Crippen LogP contribution in [0.3, 0.4) is 0 Å². The fourth-order valence-electron chi connectivity index (χ4n) is 4.32. The number of hydrogen-bond acceptors (Lipinski definition) is 1. The van der Waals surface area contributed by atoms with Gasteiger partial charge in [0.2, 0.25) is 0 Å².